The van der Waals surface area contributed by atoms with Gasteiger partial charge in [-0.05, 0) is 44.7 Å². The van der Waals surface area contributed by atoms with Gasteiger partial charge in [0.25, 0.3) is 0 Å². The maximum absolute atomic E-state index is 2.35. The zero-order valence-corrected chi connectivity index (χ0v) is 16.0. The molecule has 1 heterocycles. The van der Waals surface area contributed by atoms with Crippen LogP contribution in [0, 0.1) is 0 Å². The zero-order chi connectivity index (χ0) is 18.2. The average molecular weight is 372 g/mol. The first-order valence-electron chi connectivity index (χ1n) is 9.75. The van der Waals surface area contributed by atoms with Crippen molar-refractivity contribution >= 4 is 53.1 Å². The Morgan fingerprint density at radius 2 is 1.21 bits per heavy atom. The van der Waals surface area contributed by atoms with Crippen LogP contribution in [-0.4, -0.2) is 0 Å². The van der Waals surface area contributed by atoms with Gasteiger partial charge in [0.15, 0.2) is 0 Å². The van der Waals surface area contributed by atoms with E-state index in [4.69, 9.17) is 0 Å². The average Bonchev–Trinajstić information content (AvgIpc) is 3.32. The summed E-state index contributed by atoms with van der Waals surface area (Å²) in [6, 6.07) is 31.4. The molecule has 28 heavy (non-hydrogen) atoms. The molecular weight excluding hydrogens is 356 g/mol. The molecule has 130 valence electrons. The fourth-order valence-corrected chi connectivity index (χ4v) is 6.42. The largest absolute Gasteiger partial charge is 0.134 e. The number of fused-ring (bicyclic) bond motifs is 11. The summed E-state index contributed by atoms with van der Waals surface area (Å²) in [7, 11) is 0. The molecule has 1 aliphatic rings. The molecule has 0 saturated heterocycles. The Kier molecular flexibility index (Phi) is 2.76. The minimum Gasteiger partial charge on any atom is -0.134 e. The van der Waals surface area contributed by atoms with Crippen LogP contribution < -0.4 is 0 Å². The maximum atomic E-state index is 2.35. The van der Waals surface area contributed by atoms with Crippen LogP contribution in [0.15, 0.2) is 84.9 Å². The van der Waals surface area contributed by atoms with Gasteiger partial charge in [0.2, 0.25) is 0 Å². The molecule has 0 amide bonds. The molecule has 0 bridgehead atoms. The van der Waals surface area contributed by atoms with Gasteiger partial charge in [0.05, 0.1) is 0 Å². The van der Waals surface area contributed by atoms with E-state index in [1.165, 1.54) is 64.0 Å². The summed E-state index contributed by atoms with van der Waals surface area (Å²) in [6.45, 7) is 0. The van der Waals surface area contributed by atoms with E-state index in [0.29, 0.717) is 0 Å². The fraction of sp³-hybridized carbons (Fsp3) is 0.0370. The van der Waals surface area contributed by atoms with Gasteiger partial charge in [-0.3, -0.25) is 0 Å². The van der Waals surface area contributed by atoms with Gasteiger partial charge in [0, 0.05) is 25.7 Å². The molecule has 0 unspecified atom stereocenters. The number of hydrogen-bond acceptors (Lipinski definition) is 1. The van der Waals surface area contributed by atoms with E-state index in [0.717, 1.165) is 6.42 Å². The van der Waals surface area contributed by atoms with Crippen molar-refractivity contribution in [2.45, 2.75) is 6.42 Å². The van der Waals surface area contributed by atoms with E-state index in [9.17, 15) is 0 Å². The van der Waals surface area contributed by atoms with Crippen molar-refractivity contribution < 1.29 is 0 Å². The molecule has 6 aromatic rings. The SMILES string of the molecule is c1ccc2c3c(ccc2c1)-c1c(ccc2c1sc1c4ccccc4ccc21)C3. The first-order chi connectivity index (χ1) is 13.9. The molecule has 0 radical (unpaired) electrons. The van der Waals surface area contributed by atoms with Crippen molar-refractivity contribution in [1.29, 1.82) is 0 Å². The van der Waals surface area contributed by atoms with E-state index in [-0.39, 0.29) is 0 Å². The Hall–Kier alpha value is -3.16. The van der Waals surface area contributed by atoms with Crippen molar-refractivity contribution in [3.05, 3.63) is 96.1 Å². The topological polar surface area (TPSA) is 0 Å². The van der Waals surface area contributed by atoms with Gasteiger partial charge in [-0.15, -0.1) is 11.3 Å². The normalized spacial score (nSPS) is 12.9. The van der Waals surface area contributed by atoms with Crippen molar-refractivity contribution in [3.63, 3.8) is 0 Å². The molecule has 0 atom stereocenters. The molecule has 0 spiro atoms. The van der Waals surface area contributed by atoms with Crippen LogP contribution in [0.25, 0.3) is 52.8 Å². The first-order valence-corrected chi connectivity index (χ1v) is 10.6. The summed E-state index contributed by atoms with van der Waals surface area (Å²) in [5.41, 5.74) is 5.84. The maximum Gasteiger partial charge on any atom is 0.0437 e. The Labute approximate surface area is 166 Å². The lowest BCUT2D eigenvalue weighted by atomic mass is 9.98. The van der Waals surface area contributed by atoms with Crippen LogP contribution in [0.5, 0.6) is 0 Å². The highest BCUT2D eigenvalue weighted by Crippen LogP contribution is 2.49. The molecule has 1 aromatic heterocycles. The fourth-order valence-electron chi connectivity index (χ4n) is 5.00. The van der Waals surface area contributed by atoms with Crippen LogP contribution >= 0.6 is 11.3 Å². The van der Waals surface area contributed by atoms with Crippen LogP contribution in [0.2, 0.25) is 0 Å². The van der Waals surface area contributed by atoms with Crippen LogP contribution in [0.4, 0.5) is 0 Å². The molecule has 0 nitrogen and oxygen atoms in total. The summed E-state index contributed by atoms with van der Waals surface area (Å²) >= 11 is 1.97. The standard InChI is InChI=1S/C27H16S/c1-3-7-19-16(5-1)9-12-21-24(19)15-18-11-14-23-22-13-10-17-6-2-4-8-20(17)26(22)28-27(23)25(18)21/h1-14H,15H2. The lowest BCUT2D eigenvalue weighted by molar-refractivity contribution is 1.29. The second-order valence-corrected chi connectivity index (χ2v) is 8.75. The molecule has 1 aliphatic carbocycles. The van der Waals surface area contributed by atoms with Crippen molar-refractivity contribution in [3.8, 4) is 11.1 Å². The molecule has 5 aromatic carbocycles. The van der Waals surface area contributed by atoms with Crippen molar-refractivity contribution in [2.24, 2.45) is 0 Å². The Bertz CT molecular complexity index is 1580. The third-order valence-electron chi connectivity index (χ3n) is 6.30. The van der Waals surface area contributed by atoms with Gasteiger partial charge in [-0.25, -0.2) is 0 Å². The highest BCUT2D eigenvalue weighted by Gasteiger charge is 2.24. The second-order valence-electron chi connectivity index (χ2n) is 7.73. The predicted octanol–water partition coefficient (Wildman–Crippen LogP) is 7.93. The molecular formula is C27H16S. The van der Waals surface area contributed by atoms with Gasteiger partial charge in [-0.1, -0.05) is 84.9 Å². The minimum absolute atomic E-state index is 1.04. The number of rotatable bonds is 0. The van der Waals surface area contributed by atoms with Crippen molar-refractivity contribution in [1.82, 2.24) is 0 Å². The zero-order valence-electron chi connectivity index (χ0n) is 15.2. The molecule has 0 aliphatic heterocycles. The summed E-state index contributed by atoms with van der Waals surface area (Å²) < 4.78 is 2.86. The highest BCUT2D eigenvalue weighted by molar-refractivity contribution is 7.27. The van der Waals surface area contributed by atoms with Crippen LogP contribution in [0.3, 0.4) is 0 Å². The van der Waals surface area contributed by atoms with Gasteiger partial charge < -0.3 is 0 Å². The number of thiophene rings is 1. The Balaban J connectivity index is 1.64. The minimum atomic E-state index is 1.04. The van der Waals surface area contributed by atoms with Crippen LogP contribution in [0.1, 0.15) is 11.1 Å². The predicted molar refractivity (Wildman–Crippen MR) is 123 cm³/mol. The monoisotopic (exact) mass is 372 g/mol. The number of benzene rings is 5. The lowest BCUT2D eigenvalue weighted by Crippen LogP contribution is -1.83. The summed E-state index contributed by atoms with van der Waals surface area (Å²) in [5.74, 6) is 0. The van der Waals surface area contributed by atoms with Gasteiger partial charge in [0.1, 0.15) is 0 Å². The molecule has 1 heteroatoms. The lowest BCUT2D eigenvalue weighted by Gasteiger charge is -2.06. The quantitative estimate of drug-likeness (QED) is 0.253. The van der Waals surface area contributed by atoms with E-state index in [1.54, 1.807) is 0 Å². The van der Waals surface area contributed by atoms with E-state index >= 15 is 0 Å². The van der Waals surface area contributed by atoms with E-state index in [1.807, 2.05) is 11.3 Å². The first kappa shape index (κ1) is 14.8. The third-order valence-corrected chi connectivity index (χ3v) is 7.57. The highest BCUT2D eigenvalue weighted by atomic mass is 32.1. The smallest absolute Gasteiger partial charge is 0.0437 e. The molecule has 7 rings (SSSR count). The van der Waals surface area contributed by atoms with E-state index < -0.39 is 0 Å². The van der Waals surface area contributed by atoms with Gasteiger partial charge in [-0.2, -0.15) is 0 Å². The molecule has 0 fully saturated rings. The summed E-state index contributed by atoms with van der Waals surface area (Å²) in [6.07, 6.45) is 1.04. The Morgan fingerprint density at radius 1 is 0.536 bits per heavy atom. The summed E-state index contributed by atoms with van der Waals surface area (Å²) in [5, 5.41) is 8.21. The second kappa shape index (κ2) is 5.21. The van der Waals surface area contributed by atoms with Gasteiger partial charge >= 0.3 is 0 Å². The van der Waals surface area contributed by atoms with Crippen molar-refractivity contribution in [2.75, 3.05) is 0 Å². The molecule has 0 N–H and O–H groups in total. The van der Waals surface area contributed by atoms with E-state index in [2.05, 4.69) is 84.9 Å². The summed E-state index contributed by atoms with van der Waals surface area (Å²) in [4.78, 5) is 0. The van der Waals surface area contributed by atoms with Crippen LogP contribution in [-0.2, 0) is 6.42 Å². The molecule has 0 saturated carbocycles. The third kappa shape index (κ3) is 1.80. The Morgan fingerprint density at radius 3 is 2.11 bits per heavy atom. The number of hydrogen-bond donors (Lipinski definition) is 0.